The van der Waals surface area contributed by atoms with Gasteiger partial charge in [-0.15, -0.1) is 0 Å². The van der Waals surface area contributed by atoms with Crippen molar-refractivity contribution in [2.75, 3.05) is 6.16 Å². The van der Waals surface area contributed by atoms with Gasteiger partial charge in [0.15, 0.2) is 0 Å². The highest BCUT2D eigenvalue weighted by molar-refractivity contribution is 9.11. The SMILES string of the molecule is CCP1(=O)Oc2c(Br)cc(Br)cc2-c2ccccc21. The molecule has 3 rings (SSSR count). The third-order valence-corrected chi connectivity index (χ3v) is 6.71. The summed E-state index contributed by atoms with van der Waals surface area (Å²) in [6, 6.07) is 11.7. The maximum Gasteiger partial charge on any atom is 0.277 e. The van der Waals surface area contributed by atoms with Crippen LogP contribution in [0.1, 0.15) is 6.92 Å². The largest absolute Gasteiger partial charge is 0.438 e. The lowest BCUT2D eigenvalue weighted by atomic mass is 10.0. The molecule has 19 heavy (non-hydrogen) atoms. The molecule has 0 radical (unpaired) electrons. The van der Waals surface area contributed by atoms with Crippen molar-refractivity contribution in [3.8, 4) is 16.9 Å². The maximum absolute atomic E-state index is 13.0. The van der Waals surface area contributed by atoms with Crippen molar-refractivity contribution in [1.29, 1.82) is 0 Å². The molecule has 5 heteroatoms. The molecule has 1 atom stereocenters. The topological polar surface area (TPSA) is 26.3 Å². The second-order valence-corrected chi connectivity index (χ2v) is 8.78. The van der Waals surface area contributed by atoms with Crippen LogP contribution in [0.15, 0.2) is 45.3 Å². The summed E-state index contributed by atoms with van der Waals surface area (Å²) < 4.78 is 20.6. The first-order valence-electron chi connectivity index (χ1n) is 5.93. The predicted molar refractivity (Wildman–Crippen MR) is 85.7 cm³/mol. The van der Waals surface area contributed by atoms with Gasteiger partial charge < -0.3 is 4.52 Å². The zero-order chi connectivity index (χ0) is 13.6. The number of hydrogen-bond donors (Lipinski definition) is 0. The van der Waals surface area contributed by atoms with E-state index in [1.165, 1.54) is 0 Å². The molecule has 0 bridgehead atoms. The summed E-state index contributed by atoms with van der Waals surface area (Å²) in [5.74, 6) is 0.673. The zero-order valence-corrected chi connectivity index (χ0v) is 14.3. The van der Waals surface area contributed by atoms with Gasteiger partial charge in [-0.05, 0) is 39.7 Å². The standard InChI is InChI=1S/C14H11Br2O2P/c1-2-19(17)13-6-4-3-5-10(13)11-7-9(15)8-12(16)14(11)18-19/h3-8H,2H2,1H3. The Bertz CT molecular complexity index is 713. The van der Waals surface area contributed by atoms with Crippen molar-refractivity contribution in [1.82, 2.24) is 0 Å². The Balaban J connectivity index is 2.38. The van der Waals surface area contributed by atoms with E-state index in [4.69, 9.17) is 4.52 Å². The van der Waals surface area contributed by atoms with Gasteiger partial charge in [-0.2, -0.15) is 0 Å². The maximum atomic E-state index is 13.0. The lowest BCUT2D eigenvalue weighted by Crippen LogP contribution is -2.19. The van der Waals surface area contributed by atoms with Crippen molar-refractivity contribution in [2.45, 2.75) is 6.92 Å². The Labute approximate surface area is 128 Å². The van der Waals surface area contributed by atoms with Crippen LogP contribution < -0.4 is 9.83 Å². The molecule has 0 aliphatic carbocycles. The first-order chi connectivity index (χ1) is 9.05. The van der Waals surface area contributed by atoms with Gasteiger partial charge in [0, 0.05) is 16.2 Å². The van der Waals surface area contributed by atoms with Crippen molar-refractivity contribution >= 4 is 44.5 Å². The monoisotopic (exact) mass is 400 g/mol. The Morgan fingerprint density at radius 1 is 1.16 bits per heavy atom. The van der Waals surface area contributed by atoms with E-state index in [2.05, 4.69) is 31.9 Å². The fourth-order valence-electron chi connectivity index (χ4n) is 2.28. The molecule has 1 unspecified atom stereocenters. The molecule has 0 spiro atoms. The fourth-order valence-corrected chi connectivity index (χ4v) is 5.65. The lowest BCUT2D eigenvalue weighted by Gasteiger charge is -2.28. The Morgan fingerprint density at radius 3 is 2.63 bits per heavy atom. The first kappa shape index (κ1) is 13.4. The van der Waals surface area contributed by atoms with Crippen LogP contribution in [0.4, 0.5) is 0 Å². The summed E-state index contributed by atoms with van der Waals surface area (Å²) >= 11 is 6.97. The molecule has 2 aromatic carbocycles. The van der Waals surface area contributed by atoms with Crippen LogP contribution in [0.25, 0.3) is 11.1 Å². The summed E-state index contributed by atoms with van der Waals surface area (Å²) in [4.78, 5) is 0. The number of rotatable bonds is 1. The summed E-state index contributed by atoms with van der Waals surface area (Å²) in [6.07, 6.45) is 0.492. The van der Waals surface area contributed by atoms with Gasteiger partial charge in [0.1, 0.15) is 5.75 Å². The van der Waals surface area contributed by atoms with Crippen molar-refractivity contribution < 1.29 is 9.09 Å². The van der Waals surface area contributed by atoms with Gasteiger partial charge in [-0.25, -0.2) is 0 Å². The van der Waals surface area contributed by atoms with Gasteiger partial charge in [-0.3, -0.25) is 4.57 Å². The highest BCUT2D eigenvalue weighted by Crippen LogP contribution is 2.56. The third kappa shape index (κ3) is 2.10. The van der Waals surface area contributed by atoms with Crippen LogP contribution in [0.5, 0.6) is 5.75 Å². The van der Waals surface area contributed by atoms with Crippen LogP contribution >= 0.6 is 39.2 Å². The smallest absolute Gasteiger partial charge is 0.277 e. The zero-order valence-electron chi connectivity index (χ0n) is 10.2. The summed E-state index contributed by atoms with van der Waals surface area (Å²) in [5, 5.41) is 0.815. The number of fused-ring (bicyclic) bond motifs is 3. The first-order valence-corrected chi connectivity index (χ1v) is 9.32. The number of benzene rings is 2. The molecule has 0 amide bonds. The minimum absolute atomic E-state index is 0.492. The molecule has 1 aliphatic heterocycles. The second-order valence-electron chi connectivity index (χ2n) is 4.36. The van der Waals surface area contributed by atoms with E-state index < -0.39 is 7.37 Å². The van der Waals surface area contributed by atoms with Crippen molar-refractivity contribution in [3.63, 3.8) is 0 Å². The molecule has 0 saturated heterocycles. The lowest BCUT2D eigenvalue weighted by molar-refractivity contribution is 0.491. The van der Waals surface area contributed by atoms with E-state index in [9.17, 15) is 4.57 Å². The van der Waals surface area contributed by atoms with E-state index in [0.717, 1.165) is 25.4 Å². The molecule has 1 heterocycles. The summed E-state index contributed by atoms with van der Waals surface area (Å²) in [7, 11) is -2.80. The van der Waals surface area contributed by atoms with Crippen LogP contribution in [0, 0.1) is 0 Å². The molecule has 0 aromatic heterocycles. The molecule has 98 valence electrons. The molecule has 0 saturated carbocycles. The Hall–Kier alpha value is -0.570. The third-order valence-electron chi connectivity index (χ3n) is 3.22. The van der Waals surface area contributed by atoms with E-state index in [1.807, 2.05) is 43.3 Å². The summed E-state index contributed by atoms with van der Waals surface area (Å²) in [6.45, 7) is 1.90. The average Bonchev–Trinajstić information content (AvgIpc) is 2.41. The minimum Gasteiger partial charge on any atom is -0.438 e. The number of halogens is 2. The average molecular weight is 402 g/mol. The molecular weight excluding hydrogens is 391 g/mol. The van der Waals surface area contributed by atoms with E-state index >= 15 is 0 Å². The molecule has 2 nitrogen and oxygen atoms in total. The van der Waals surface area contributed by atoms with E-state index in [-0.39, 0.29) is 0 Å². The van der Waals surface area contributed by atoms with Crippen molar-refractivity contribution in [2.24, 2.45) is 0 Å². The van der Waals surface area contributed by atoms with Crippen LogP contribution in [-0.2, 0) is 4.57 Å². The highest BCUT2D eigenvalue weighted by atomic mass is 79.9. The normalized spacial score (nSPS) is 20.4. The van der Waals surface area contributed by atoms with Crippen molar-refractivity contribution in [3.05, 3.63) is 45.3 Å². The Morgan fingerprint density at radius 2 is 1.89 bits per heavy atom. The van der Waals surface area contributed by atoms with Crippen LogP contribution in [-0.4, -0.2) is 6.16 Å². The second kappa shape index (κ2) is 4.76. The van der Waals surface area contributed by atoms with Crippen LogP contribution in [0.2, 0.25) is 0 Å². The van der Waals surface area contributed by atoms with Gasteiger partial charge >= 0.3 is 0 Å². The summed E-state index contributed by atoms with van der Waals surface area (Å²) in [5.41, 5.74) is 1.97. The van der Waals surface area contributed by atoms with E-state index in [0.29, 0.717) is 11.9 Å². The minimum atomic E-state index is -2.80. The van der Waals surface area contributed by atoms with Crippen LogP contribution in [0.3, 0.4) is 0 Å². The van der Waals surface area contributed by atoms with Gasteiger partial charge in [0.2, 0.25) is 0 Å². The quantitative estimate of drug-likeness (QED) is 0.614. The van der Waals surface area contributed by atoms with Gasteiger partial charge in [0.25, 0.3) is 7.37 Å². The molecule has 1 aliphatic rings. The molecule has 2 aromatic rings. The predicted octanol–water partition coefficient (Wildman–Crippen LogP) is 5.19. The molecule has 0 fully saturated rings. The van der Waals surface area contributed by atoms with Gasteiger partial charge in [0.05, 0.1) is 9.78 Å². The number of hydrogen-bond acceptors (Lipinski definition) is 2. The molecule has 0 N–H and O–H groups in total. The Kier molecular flexibility index (Phi) is 3.36. The van der Waals surface area contributed by atoms with E-state index in [1.54, 1.807) is 0 Å². The fraction of sp³-hybridized carbons (Fsp3) is 0.143. The highest BCUT2D eigenvalue weighted by Gasteiger charge is 2.35. The molecular formula is C14H11Br2O2P. The van der Waals surface area contributed by atoms with Gasteiger partial charge in [-0.1, -0.05) is 41.1 Å².